The van der Waals surface area contributed by atoms with Crippen LogP contribution >= 0.6 is 12.6 Å². The summed E-state index contributed by atoms with van der Waals surface area (Å²) >= 11 is 4.45. The van der Waals surface area contributed by atoms with E-state index in [9.17, 15) is 4.79 Å². The van der Waals surface area contributed by atoms with Crippen LogP contribution in [0.2, 0.25) is 0 Å². The Labute approximate surface area is 163 Å². The first kappa shape index (κ1) is 21.4. The van der Waals surface area contributed by atoms with Crippen molar-refractivity contribution in [3.05, 3.63) is 35.4 Å². The van der Waals surface area contributed by atoms with E-state index in [4.69, 9.17) is 15.2 Å². The summed E-state index contributed by atoms with van der Waals surface area (Å²) in [5, 5.41) is 0. The first-order valence-electron chi connectivity index (χ1n) is 9.55. The molecule has 5 heteroatoms. The van der Waals surface area contributed by atoms with E-state index in [-0.39, 0.29) is 11.7 Å². The summed E-state index contributed by atoms with van der Waals surface area (Å²) in [6.07, 6.45) is 3.04. The van der Waals surface area contributed by atoms with Crippen LogP contribution in [-0.4, -0.2) is 38.5 Å². The number of rotatable bonds is 10. The van der Waals surface area contributed by atoms with E-state index < -0.39 is 11.0 Å². The van der Waals surface area contributed by atoms with E-state index in [2.05, 4.69) is 43.8 Å². The highest BCUT2D eigenvalue weighted by molar-refractivity contribution is 7.80. The molecular weight excluding hydrogens is 346 g/mol. The average molecular weight is 380 g/mol. The molecule has 0 aromatic heterocycles. The number of hydrogen-bond donors (Lipinski definition) is 2. The minimum absolute atomic E-state index is 0.00972. The van der Waals surface area contributed by atoms with Gasteiger partial charge in [0.25, 0.3) is 0 Å². The fourth-order valence-corrected chi connectivity index (χ4v) is 4.24. The molecule has 1 fully saturated rings. The molecule has 146 valence electrons. The van der Waals surface area contributed by atoms with Gasteiger partial charge in [-0.3, -0.25) is 4.79 Å². The highest BCUT2D eigenvalue weighted by atomic mass is 32.1. The van der Waals surface area contributed by atoms with Gasteiger partial charge in [-0.05, 0) is 42.6 Å². The predicted molar refractivity (Wildman–Crippen MR) is 109 cm³/mol. The molecule has 0 radical (unpaired) electrons. The van der Waals surface area contributed by atoms with Gasteiger partial charge >= 0.3 is 0 Å². The number of nitrogens with two attached hydrogens (primary N) is 1. The molecule has 26 heavy (non-hydrogen) atoms. The lowest BCUT2D eigenvalue weighted by molar-refractivity contribution is -0.129. The summed E-state index contributed by atoms with van der Waals surface area (Å²) < 4.78 is 10.8. The van der Waals surface area contributed by atoms with Crippen molar-refractivity contribution in [3.63, 3.8) is 0 Å². The first-order chi connectivity index (χ1) is 12.4. The van der Waals surface area contributed by atoms with Crippen LogP contribution < -0.4 is 5.73 Å². The van der Waals surface area contributed by atoms with Crippen molar-refractivity contribution >= 4 is 18.4 Å². The van der Waals surface area contributed by atoms with Gasteiger partial charge in [-0.25, -0.2) is 0 Å². The molecule has 0 aliphatic carbocycles. The molecular formula is C21H33NO3S. The maximum Gasteiger partial charge on any atom is 0.146 e. The number of Topliss-reactive ketones (excluding diaryl/α,β-unsaturated/α-hetero) is 1. The van der Waals surface area contributed by atoms with Gasteiger partial charge in [0.1, 0.15) is 5.78 Å². The van der Waals surface area contributed by atoms with Crippen LogP contribution in [0.1, 0.15) is 50.7 Å². The summed E-state index contributed by atoms with van der Waals surface area (Å²) in [4.78, 5) is 13.4. The first-order valence-corrected chi connectivity index (χ1v) is 10.2. The molecule has 1 saturated heterocycles. The fourth-order valence-electron chi connectivity index (χ4n) is 3.86. The van der Waals surface area contributed by atoms with Gasteiger partial charge < -0.3 is 15.2 Å². The third-order valence-corrected chi connectivity index (χ3v) is 6.09. The maximum atomic E-state index is 13.4. The van der Waals surface area contributed by atoms with E-state index in [0.717, 1.165) is 24.0 Å². The number of thiol groups is 1. The third-order valence-electron chi connectivity index (χ3n) is 5.87. The summed E-state index contributed by atoms with van der Waals surface area (Å²) in [6.45, 7) is 5.87. The molecule has 1 aromatic carbocycles. The van der Waals surface area contributed by atoms with Gasteiger partial charge in [0.15, 0.2) is 0 Å². The Balaban J connectivity index is 2.41. The summed E-state index contributed by atoms with van der Waals surface area (Å²) in [5.74, 6) is 0.948. The lowest BCUT2D eigenvalue weighted by Gasteiger charge is -2.35. The molecule has 3 atom stereocenters. The topological polar surface area (TPSA) is 61.5 Å². The van der Waals surface area contributed by atoms with E-state index in [1.54, 1.807) is 7.11 Å². The zero-order chi connectivity index (χ0) is 19.2. The van der Waals surface area contributed by atoms with Crippen LogP contribution in [0.3, 0.4) is 0 Å². The minimum atomic E-state index is -0.556. The smallest absolute Gasteiger partial charge is 0.146 e. The van der Waals surface area contributed by atoms with Crippen molar-refractivity contribution < 1.29 is 14.3 Å². The number of ether oxygens (including phenoxy) is 2. The number of carbonyl (C=O) groups is 1. The van der Waals surface area contributed by atoms with Crippen LogP contribution in [0.25, 0.3) is 0 Å². The van der Waals surface area contributed by atoms with Crippen LogP contribution in [-0.2, 0) is 25.2 Å². The normalized spacial score (nSPS) is 23.6. The zero-order valence-electron chi connectivity index (χ0n) is 16.3. The summed E-state index contributed by atoms with van der Waals surface area (Å²) in [7, 11) is 1.68. The fraction of sp³-hybridized carbons (Fsp3) is 0.667. The van der Waals surface area contributed by atoms with E-state index >= 15 is 0 Å². The van der Waals surface area contributed by atoms with Crippen LogP contribution in [0.4, 0.5) is 0 Å². The lowest BCUT2D eigenvalue weighted by atomic mass is 9.68. The number of carbonyl (C=O) groups excluding carboxylic acids is 1. The molecule has 2 N–H and O–H groups in total. The average Bonchev–Trinajstić information content (AvgIpc) is 3.12. The second-order valence-electron chi connectivity index (χ2n) is 7.51. The van der Waals surface area contributed by atoms with Crippen molar-refractivity contribution in [1.82, 2.24) is 0 Å². The minimum Gasteiger partial charge on any atom is -0.385 e. The monoisotopic (exact) mass is 379 g/mol. The molecule has 4 nitrogen and oxygen atoms in total. The predicted octanol–water partition coefficient (Wildman–Crippen LogP) is 3.47. The maximum absolute atomic E-state index is 13.4. The number of ketones is 1. The van der Waals surface area contributed by atoms with E-state index in [0.29, 0.717) is 38.4 Å². The number of methoxy groups -OCH3 is 1. The SMILES string of the molecule is CCC(C)C(=O)C(CCS)(CCOC)c1ccc(C2(N)CCOC2)cc1. The molecule has 1 aromatic rings. The molecule has 1 aliphatic heterocycles. The highest BCUT2D eigenvalue weighted by Crippen LogP contribution is 2.38. The van der Waals surface area contributed by atoms with Crippen molar-refractivity contribution in [3.8, 4) is 0 Å². The molecule has 0 spiro atoms. The van der Waals surface area contributed by atoms with Gasteiger partial charge in [0, 0.05) is 26.2 Å². The Kier molecular flexibility index (Phi) is 7.71. The summed E-state index contributed by atoms with van der Waals surface area (Å²) in [6, 6.07) is 8.27. The molecule has 1 heterocycles. The number of benzene rings is 1. The van der Waals surface area contributed by atoms with Crippen molar-refractivity contribution in [1.29, 1.82) is 0 Å². The molecule has 1 aliphatic rings. The second kappa shape index (κ2) is 9.36. The Morgan fingerprint density at radius 3 is 2.58 bits per heavy atom. The Bertz CT molecular complexity index is 583. The molecule has 0 bridgehead atoms. The van der Waals surface area contributed by atoms with Crippen molar-refractivity contribution in [2.45, 2.75) is 50.5 Å². The molecule has 2 rings (SSSR count). The van der Waals surface area contributed by atoms with Crippen molar-refractivity contribution in [2.75, 3.05) is 32.7 Å². The summed E-state index contributed by atoms with van der Waals surface area (Å²) in [5.41, 5.74) is 7.62. The van der Waals surface area contributed by atoms with E-state index in [1.807, 2.05) is 6.92 Å². The van der Waals surface area contributed by atoms with Gasteiger partial charge in [-0.1, -0.05) is 38.1 Å². The van der Waals surface area contributed by atoms with Crippen molar-refractivity contribution in [2.24, 2.45) is 11.7 Å². The standard InChI is InChI=1S/C21H33NO3S/c1-4-16(2)19(23)20(11-14-26,9-12-24-3)17-5-7-18(8-6-17)21(22)10-13-25-15-21/h5-8,16,26H,4,9-15,22H2,1-3H3. The molecule has 0 saturated carbocycles. The molecule has 3 unspecified atom stereocenters. The molecule has 0 amide bonds. The Morgan fingerprint density at radius 1 is 1.38 bits per heavy atom. The van der Waals surface area contributed by atoms with Crippen LogP contribution in [0.5, 0.6) is 0 Å². The van der Waals surface area contributed by atoms with Gasteiger partial charge in [-0.15, -0.1) is 0 Å². The van der Waals surface area contributed by atoms with Gasteiger partial charge in [0.2, 0.25) is 0 Å². The van der Waals surface area contributed by atoms with E-state index in [1.165, 1.54) is 0 Å². The number of hydrogen-bond acceptors (Lipinski definition) is 5. The second-order valence-corrected chi connectivity index (χ2v) is 7.96. The highest BCUT2D eigenvalue weighted by Gasteiger charge is 2.41. The Hall–Kier alpha value is -0.880. The largest absolute Gasteiger partial charge is 0.385 e. The van der Waals surface area contributed by atoms with Crippen LogP contribution in [0.15, 0.2) is 24.3 Å². The Morgan fingerprint density at radius 2 is 2.08 bits per heavy atom. The zero-order valence-corrected chi connectivity index (χ0v) is 17.2. The van der Waals surface area contributed by atoms with Crippen LogP contribution in [0, 0.1) is 5.92 Å². The quantitative estimate of drug-likeness (QED) is 0.611. The lowest BCUT2D eigenvalue weighted by Crippen LogP contribution is -2.41. The van der Waals surface area contributed by atoms with Gasteiger partial charge in [0.05, 0.1) is 17.6 Å². The van der Waals surface area contributed by atoms with Gasteiger partial charge in [-0.2, -0.15) is 12.6 Å². The third kappa shape index (κ3) is 4.33.